The lowest BCUT2D eigenvalue weighted by Gasteiger charge is -2.13. The Morgan fingerprint density at radius 3 is 2.33 bits per heavy atom. The number of anilines is 1. The molecule has 0 spiro atoms. The number of benzene rings is 1. The minimum atomic E-state index is -3.44. The van der Waals surface area contributed by atoms with Gasteiger partial charge in [0.1, 0.15) is 5.75 Å². The molecule has 6 heteroatoms. The molecule has 0 bridgehead atoms. The number of rotatable bonds is 7. The van der Waals surface area contributed by atoms with E-state index in [-0.39, 0.29) is 0 Å². The lowest BCUT2D eigenvalue weighted by molar-refractivity contribution is 0.309. The summed E-state index contributed by atoms with van der Waals surface area (Å²) in [5.74, 6) is 0.747. The summed E-state index contributed by atoms with van der Waals surface area (Å²) in [4.78, 5) is 0. The van der Waals surface area contributed by atoms with Crippen LogP contribution < -0.4 is 9.46 Å². The monoisotopic (exact) mass is 272 g/mol. The second kappa shape index (κ2) is 6.61. The highest BCUT2D eigenvalue weighted by molar-refractivity contribution is 7.90. The van der Waals surface area contributed by atoms with Crippen LogP contribution in [0.2, 0.25) is 0 Å². The van der Waals surface area contributed by atoms with Gasteiger partial charge in [-0.15, -0.1) is 0 Å². The van der Waals surface area contributed by atoms with Crippen LogP contribution in [0.3, 0.4) is 0 Å². The van der Waals surface area contributed by atoms with E-state index >= 15 is 0 Å². The molecule has 102 valence electrons. The summed E-state index contributed by atoms with van der Waals surface area (Å²) in [6.45, 7) is 2.78. The van der Waals surface area contributed by atoms with Gasteiger partial charge < -0.3 is 4.74 Å². The summed E-state index contributed by atoms with van der Waals surface area (Å²) in [5, 5.41) is 0. The normalized spacial score (nSPS) is 11.6. The first-order valence-electron chi connectivity index (χ1n) is 5.89. The Morgan fingerprint density at radius 2 is 1.83 bits per heavy atom. The summed E-state index contributed by atoms with van der Waals surface area (Å²) in [5.41, 5.74) is 0.520. The quantitative estimate of drug-likeness (QED) is 0.773. The lowest BCUT2D eigenvalue weighted by atomic mass is 10.3. The molecule has 18 heavy (non-hydrogen) atoms. The predicted molar refractivity (Wildman–Crippen MR) is 73.1 cm³/mol. The summed E-state index contributed by atoms with van der Waals surface area (Å²) in [6.07, 6.45) is 2.09. The van der Waals surface area contributed by atoms with E-state index in [4.69, 9.17) is 4.74 Å². The SMILES string of the molecule is CCCCOc1ccc(NS(=O)(=O)N(C)C)cc1. The standard InChI is InChI=1S/C12H20N2O3S/c1-4-5-10-17-12-8-6-11(7-9-12)13-18(15,16)14(2)3/h6-9,13H,4-5,10H2,1-3H3. The second-order valence-electron chi connectivity index (χ2n) is 4.12. The molecule has 1 rings (SSSR count). The average Bonchev–Trinajstić information content (AvgIpc) is 2.31. The van der Waals surface area contributed by atoms with Gasteiger partial charge in [0, 0.05) is 14.1 Å². The molecule has 1 N–H and O–H groups in total. The third-order valence-electron chi connectivity index (χ3n) is 2.35. The number of unbranched alkanes of at least 4 members (excludes halogenated alkanes) is 1. The van der Waals surface area contributed by atoms with Crippen molar-refractivity contribution in [1.82, 2.24) is 4.31 Å². The number of hydrogen-bond acceptors (Lipinski definition) is 3. The van der Waals surface area contributed by atoms with Crippen molar-refractivity contribution in [3.63, 3.8) is 0 Å². The first-order valence-corrected chi connectivity index (χ1v) is 7.33. The number of hydrogen-bond donors (Lipinski definition) is 1. The van der Waals surface area contributed by atoms with Gasteiger partial charge in [0.15, 0.2) is 0 Å². The van der Waals surface area contributed by atoms with Crippen molar-refractivity contribution in [3.8, 4) is 5.75 Å². The number of ether oxygens (including phenoxy) is 1. The van der Waals surface area contributed by atoms with Crippen molar-refractivity contribution in [1.29, 1.82) is 0 Å². The Balaban J connectivity index is 2.61. The second-order valence-corrected chi connectivity index (χ2v) is 6.00. The summed E-state index contributed by atoms with van der Waals surface area (Å²) in [6, 6.07) is 6.87. The van der Waals surface area contributed by atoms with Crippen LogP contribution in [0, 0.1) is 0 Å². The molecular formula is C12H20N2O3S. The minimum absolute atomic E-state index is 0.520. The minimum Gasteiger partial charge on any atom is -0.494 e. The van der Waals surface area contributed by atoms with Gasteiger partial charge in [-0.3, -0.25) is 4.72 Å². The molecule has 0 unspecified atom stereocenters. The van der Waals surface area contributed by atoms with Crippen molar-refractivity contribution < 1.29 is 13.2 Å². The van der Waals surface area contributed by atoms with E-state index in [1.807, 2.05) is 0 Å². The zero-order chi connectivity index (χ0) is 13.6. The van der Waals surface area contributed by atoms with Gasteiger partial charge in [0.05, 0.1) is 12.3 Å². The van der Waals surface area contributed by atoms with Crippen molar-refractivity contribution >= 4 is 15.9 Å². The molecule has 0 atom stereocenters. The predicted octanol–water partition coefficient (Wildman–Crippen LogP) is 2.08. The third kappa shape index (κ3) is 4.54. The Morgan fingerprint density at radius 1 is 1.22 bits per heavy atom. The summed E-state index contributed by atoms with van der Waals surface area (Å²) < 4.78 is 32.2. The highest BCUT2D eigenvalue weighted by atomic mass is 32.2. The van der Waals surface area contributed by atoms with E-state index < -0.39 is 10.2 Å². The lowest BCUT2D eigenvalue weighted by Crippen LogP contribution is -2.28. The van der Waals surface area contributed by atoms with E-state index in [1.165, 1.54) is 14.1 Å². The molecule has 1 aromatic carbocycles. The smallest absolute Gasteiger partial charge is 0.301 e. The first kappa shape index (κ1) is 14.8. The van der Waals surface area contributed by atoms with E-state index in [0.717, 1.165) is 22.9 Å². The molecule has 0 saturated heterocycles. The molecule has 0 radical (unpaired) electrons. The zero-order valence-electron chi connectivity index (χ0n) is 11.0. The molecule has 0 aliphatic heterocycles. The molecule has 0 amide bonds. The Labute approximate surface area is 109 Å². The fraction of sp³-hybridized carbons (Fsp3) is 0.500. The molecule has 0 fully saturated rings. The van der Waals surface area contributed by atoms with Crippen LogP contribution in [-0.4, -0.2) is 33.4 Å². The molecular weight excluding hydrogens is 252 g/mol. The maximum atomic E-state index is 11.6. The van der Waals surface area contributed by atoms with Gasteiger partial charge in [0.2, 0.25) is 0 Å². The molecule has 1 aromatic rings. The summed E-state index contributed by atoms with van der Waals surface area (Å²) in [7, 11) is -0.489. The molecule has 0 aromatic heterocycles. The molecule has 0 aliphatic carbocycles. The van der Waals surface area contributed by atoms with Gasteiger partial charge in [-0.2, -0.15) is 12.7 Å². The molecule has 5 nitrogen and oxygen atoms in total. The van der Waals surface area contributed by atoms with Crippen LogP contribution in [0.4, 0.5) is 5.69 Å². The van der Waals surface area contributed by atoms with Crippen molar-refractivity contribution in [3.05, 3.63) is 24.3 Å². The van der Waals surface area contributed by atoms with E-state index in [0.29, 0.717) is 12.3 Å². The Kier molecular flexibility index (Phi) is 5.43. The van der Waals surface area contributed by atoms with Crippen LogP contribution >= 0.6 is 0 Å². The zero-order valence-corrected chi connectivity index (χ0v) is 11.8. The van der Waals surface area contributed by atoms with Crippen LogP contribution in [-0.2, 0) is 10.2 Å². The maximum absolute atomic E-state index is 11.6. The summed E-state index contributed by atoms with van der Waals surface area (Å²) >= 11 is 0. The van der Waals surface area contributed by atoms with Crippen molar-refractivity contribution in [2.45, 2.75) is 19.8 Å². The third-order valence-corrected chi connectivity index (χ3v) is 3.80. The van der Waals surface area contributed by atoms with E-state index in [2.05, 4.69) is 11.6 Å². The maximum Gasteiger partial charge on any atom is 0.301 e. The van der Waals surface area contributed by atoms with Crippen LogP contribution in [0.25, 0.3) is 0 Å². The molecule has 0 heterocycles. The first-order chi connectivity index (χ1) is 8.45. The molecule has 0 aliphatic rings. The van der Waals surface area contributed by atoms with Gasteiger partial charge in [-0.25, -0.2) is 0 Å². The number of nitrogens with zero attached hydrogens (tertiary/aromatic N) is 1. The largest absolute Gasteiger partial charge is 0.494 e. The van der Waals surface area contributed by atoms with Crippen molar-refractivity contribution in [2.24, 2.45) is 0 Å². The number of nitrogens with one attached hydrogen (secondary N) is 1. The van der Waals surface area contributed by atoms with Gasteiger partial charge in [-0.1, -0.05) is 13.3 Å². The topological polar surface area (TPSA) is 58.6 Å². The average molecular weight is 272 g/mol. The molecule has 0 saturated carbocycles. The fourth-order valence-corrected chi connectivity index (χ4v) is 1.81. The van der Waals surface area contributed by atoms with Gasteiger partial charge in [0.25, 0.3) is 0 Å². The van der Waals surface area contributed by atoms with Crippen LogP contribution in [0.1, 0.15) is 19.8 Å². The Hall–Kier alpha value is -1.27. The highest BCUT2D eigenvalue weighted by Crippen LogP contribution is 2.17. The van der Waals surface area contributed by atoms with Crippen LogP contribution in [0.15, 0.2) is 24.3 Å². The van der Waals surface area contributed by atoms with Gasteiger partial charge in [-0.05, 0) is 30.7 Å². The Bertz CT molecular complexity index is 455. The highest BCUT2D eigenvalue weighted by Gasteiger charge is 2.12. The van der Waals surface area contributed by atoms with Crippen molar-refractivity contribution in [2.75, 3.05) is 25.4 Å². The van der Waals surface area contributed by atoms with E-state index in [9.17, 15) is 8.42 Å². The van der Waals surface area contributed by atoms with Crippen LogP contribution in [0.5, 0.6) is 5.75 Å². The van der Waals surface area contributed by atoms with Gasteiger partial charge >= 0.3 is 10.2 Å². The van der Waals surface area contributed by atoms with E-state index in [1.54, 1.807) is 24.3 Å². The fourth-order valence-electron chi connectivity index (χ4n) is 1.19.